The number of hydrogen-bond donors (Lipinski definition) is 2. The Balaban J connectivity index is 0.00000289. The third-order valence-corrected chi connectivity index (χ3v) is 2.65. The van der Waals surface area contributed by atoms with Crippen LogP contribution in [0.1, 0.15) is 26.2 Å². The van der Waals surface area contributed by atoms with Gasteiger partial charge in [-0.25, -0.2) is 0 Å². The number of hydrogen-bond acceptors (Lipinski definition) is 3. The molecule has 108 valence electrons. The fourth-order valence-electron chi connectivity index (χ4n) is 1.76. The molecule has 1 aliphatic heterocycles. The van der Waals surface area contributed by atoms with Crippen molar-refractivity contribution in [1.82, 2.24) is 10.6 Å². The molecule has 18 heavy (non-hydrogen) atoms. The zero-order valence-corrected chi connectivity index (χ0v) is 13.7. The molecule has 0 bridgehead atoms. The Bertz CT molecular complexity index is 221. The zero-order chi connectivity index (χ0) is 12.3. The van der Waals surface area contributed by atoms with Gasteiger partial charge in [-0.3, -0.25) is 4.99 Å². The largest absolute Gasteiger partial charge is 0.379 e. The van der Waals surface area contributed by atoms with Gasteiger partial charge < -0.3 is 20.1 Å². The van der Waals surface area contributed by atoms with Crippen LogP contribution in [-0.2, 0) is 9.47 Å². The van der Waals surface area contributed by atoms with E-state index < -0.39 is 0 Å². The summed E-state index contributed by atoms with van der Waals surface area (Å²) < 4.78 is 11.0. The minimum atomic E-state index is 0. The molecule has 1 fully saturated rings. The lowest BCUT2D eigenvalue weighted by atomic mass is 10.2. The Morgan fingerprint density at radius 2 is 2.28 bits per heavy atom. The molecule has 2 N–H and O–H groups in total. The summed E-state index contributed by atoms with van der Waals surface area (Å²) >= 11 is 0. The van der Waals surface area contributed by atoms with Gasteiger partial charge in [0, 0.05) is 33.4 Å². The average molecular weight is 371 g/mol. The first-order chi connectivity index (χ1) is 8.36. The smallest absolute Gasteiger partial charge is 0.190 e. The van der Waals surface area contributed by atoms with E-state index in [4.69, 9.17) is 9.47 Å². The van der Waals surface area contributed by atoms with Crippen LogP contribution in [0, 0.1) is 0 Å². The van der Waals surface area contributed by atoms with Crippen molar-refractivity contribution in [2.24, 2.45) is 4.99 Å². The van der Waals surface area contributed by atoms with Gasteiger partial charge in [0.1, 0.15) is 0 Å². The molecule has 0 aromatic carbocycles. The third-order valence-electron chi connectivity index (χ3n) is 2.65. The van der Waals surface area contributed by atoms with Crippen LogP contribution in [0.2, 0.25) is 0 Å². The van der Waals surface area contributed by atoms with Gasteiger partial charge in [0.2, 0.25) is 0 Å². The molecule has 1 heterocycles. The van der Waals surface area contributed by atoms with Crippen molar-refractivity contribution in [1.29, 1.82) is 0 Å². The maximum absolute atomic E-state index is 5.57. The number of aliphatic imine (C=N–C) groups is 1. The van der Waals surface area contributed by atoms with Gasteiger partial charge in [-0.2, -0.15) is 0 Å². The molecule has 0 saturated carbocycles. The Kier molecular flexibility index (Phi) is 11.9. The highest BCUT2D eigenvalue weighted by Crippen LogP contribution is 2.11. The first-order valence-corrected chi connectivity index (χ1v) is 6.50. The lowest BCUT2D eigenvalue weighted by molar-refractivity contribution is 0.0168. The van der Waals surface area contributed by atoms with Crippen molar-refractivity contribution in [3.63, 3.8) is 0 Å². The topological polar surface area (TPSA) is 54.9 Å². The van der Waals surface area contributed by atoms with Crippen LogP contribution >= 0.6 is 24.0 Å². The number of nitrogens with one attached hydrogen (secondary N) is 2. The molecule has 0 amide bonds. The third kappa shape index (κ3) is 8.10. The minimum absolute atomic E-state index is 0. The molecule has 1 saturated heterocycles. The van der Waals surface area contributed by atoms with E-state index in [0.717, 1.165) is 51.7 Å². The SMILES string of the molecule is CCNC(=NC)NCCCOCC1CCCO1.I. The Hall–Kier alpha value is -0.0800. The zero-order valence-electron chi connectivity index (χ0n) is 11.4. The molecule has 1 rings (SSSR count). The summed E-state index contributed by atoms with van der Waals surface area (Å²) in [5.74, 6) is 0.853. The Labute approximate surface area is 127 Å². The van der Waals surface area contributed by atoms with Crippen LogP contribution in [0.4, 0.5) is 0 Å². The number of nitrogens with zero attached hydrogens (tertiary/aromatic N) is 1. The number of rotatable bonds is 7. The molecule has 0 radical (unpaired) electrons. The molecule has 6 heteroatoms. The molecule has 5 nitrogen and oxygen atoms in total. The van der Waals surface area contributed by atoms with Crippen molar-refractivity contribution in [2.45, 2.75) is 32.3 Å². The second-order valence-corrected chi connectivity index (χ2v) is 4.09. The van der Waals surface area contributed by atoms with Crippen molar-refractivity contribution in [3.05, 3.63) is 0 Å². The minimum Gasteiger partial charge on any atom is -0.379 e. The molecule has 0 aliphatic carbocycles. The number of guanidine groups is 1. The second-order valence-electron chi connectivity index (χ2n) is 4.09. The summed E-state index contributed by atoms with van der Waals surface area (Å²) in [5.41, 5.74) is 0. The lowest BCUT2D eigenvalue weighted by Crippen LogP contribution is -2.37. The lowest BCUT2D eigenvalue weighted by Gasteiger charge is -2.12. The monoisotopic (exact) mass is 371 g/mol. The van der Waals surface area contributed by atoms with Gasteiger partial charge in [0.15, 0.2) is 5.96 Å². The van der Waals surface area contributed by atoms with Crippen LogP contribution in [0.5, 0.6) is 0 Å². The summed E-state index contributed by atoms with van der Waals surface area (Å²) in [7, 11) is 1.78. The first-order valence-electron chi connectivity index (χ1n) is 6.50. The molecule has 0 aromatic heterocycles. The van der Waals surface area contributed by atoms with Crippen molar-refractivity contribution >= 4 is 29.9 Å². The summed E-state index contributed by atoms with van der Waals surface area (Å²) in [4.78, 5) is 4.09. The van der Waals surface area contributed by atoms with E-state index in [1.807, 2.05) is 0 Å². The molecule has 1 unspecified atom stereocenters. The second kappa shape index (κ2) is 12.0. The van der Waals surface area contributed by atoms with E-state index in [9.17, 15) is 0 Å². The van der Waals surface area contributed by atoms with E-state index in [-0.39, 0.29) is 24.0 Å². The van der Waals surface area contributed by atoms with Gasteiger partial charge in [0.05, 0.1) is 12.7 Å². The summed E-state index contributed by atoms with van der Waals surface area (Å²) in [6, 6.07) is 0. The van der Waals surface area contributed by atoms with Gasteiger partial charge in [0.25, 0.3) is 0 Å². The van der Waals surface area contributed by atoms with Crippen molar-refractivity contribution < 1.29 is 9.47 Å². The van der Waals surface area contributed by atoms with E-state index in [2.05, 4.69) is 22.5 Å². The fourth-order valence-corrected chi connectivity index (χ4v) is 1.76. The van der Waals surface area contributed by atoms with Crippen LogP contribution in [0.15, 0.2) is 4.99 Å². The Morgan fingerprint density at radius 3 is 2.89 bits per heavy atom. The maximum Gasteiger partial charge on any atom is 0.190 e. The molecule has 0 aromatic rings. The summed E-state index contributed by atoms with van der Waals surface area (Å²) in [5, 5.41) is 6.37. The molecule has 1 atom stereocenters. The summed E-state index contributed by atoms with van der Waals surface area (Å²) in [6.07, 6.45) is 3.63. The highest BCUT2D eigenvalue weighted by Gasteiger charge is 2.14. The highest BCUT2D eigenvalue weighted by molar-refractivity contribution is 14.0. The van der Waals surface area contributed by atoms with Crippen molar-refractivity contribution in [2.75, 3.05) is 40.0 Å². The van der Waals surface area contributed by atoms with E-state index in [1.54, 1.807) is 7.05 Å². The highest BCUT2D eigenvalue weighted by atomic mass is 127. The maximum atomic E-state index is 5.57. The van der Waals surface area contributed by atoms with E-state index >= 15 is 0 Å². The van der Waals surface area contributed by atoms with Crippen LogP contribution in [0.25, 0.3) is 0 Å². The number of ether oxygens (including phenoxy) is 2. The van der Waals surface area contributed by atoms with Crippen molar-refractivity contribution in [3.8, 4) is 0 Å². The van der Waals surface area contributed by atoms with Crippen LogP contribution in [0.3, 0.4) is 0 Å². The molecular weight excluding hydrogens is 345 g/mol. The van der Waals surface area contributed by atoms with Gasteiger partial charge >= 0.3 is 0 Å². The molecule has 1 aliphatic rings. The van der Waals surface area contributed by atoms with E-state index in [0.29, 0.717) is 6.10 Å². The normalized spacial score (nSPS) is 19.4. The van der Waals surface area contributed by atoms with E-state index in [1.165, 1.54) is 6.42 Å². The predicted octanol–water partition coefficient (Wildman–Crippen LogP) is 1.37. The fraction of sp³-hybridized carbons (Fsp3) is 0.917. The van der Waals surface area contributed by atoms with Gasteiger partial charge in [-0.1, -0.05) is 0 Å². The first kappa shape index (κ1) is 17.9. The van der Waals surface area contributed by atoms with Gasteiger partial charge in [-0.15, -0.1) is 24.0 Å². The predicted molar refractivity (Wildman–Crippen MR) is 84.9 cm³/mol. The van der Waals surface area contributed by atoms with Gasteiger partial charge in [-0.05, 0) is 26.2 Å². The van der Waals surface area contributed by atoms with Crippen LogP contribution in [-0.4, -0.2) is 52.0 Å². The Morgan fingerprint density at radius 1 is 1.44 bits per heavy atom. The standard InChI is InChI=1S/C12H25N3O2.HI/c1-3-14-12(13-2)15-7-5-8-16-10-11-6-4-9-17-11;/h11H,3-10H2,1-2H3,(H2,13,14,15);1H. The number of halogens is 1. The average Bonchev–Trinajstić information content (AvgIpc) is 2.85. The molecular formula is C12H26IN3O2. The molecule has 0 spiro atoms. The quantitative estimate of drug-likeness (QED) is 0.307. The summed E-state index contributed by atoms with van der Waals surface area (Å²) in [6.45, 7) is 6.23. The van der Waals surface area contributed by atoms with Crippen LogP contribution < -0.4 is 10.6 Å².